The number of amides is 1. The van der Waals surface area contributed by atoms with Crippen LogP contribution in [0.4, 0.5) is 5.69 Å². The van der Waals surface area contributed by atoms with Crippen molar-refractivity contribution in [1.29, 1.82) is 0 Å². The summed E-state index contributed by atoms with van der Waals surface area (Å²) in [5.74, 6) is -0.179. The topological polar surface area (TPSA) is 108 Å². The monoisotopic (exact) mass is 358 g/mol. The molecule has 0 aliphatic carbocycles. The molecule has 7 nitrogen and oxygen atoms in total. The number of ether oxygens (including phenoxy) is 1. The van der Waals surface area contributed by atoms with Gasteiger partial charge in [0, 0.05) is 12.3 Å². The maximum atomic E-state index is 12.0. The number of nitrogens with one attached hydrogen (secondary N) is 2. The molecular formula is C19H22N2O5. The van der Waals surface area contributed by atoms with E-state index in [-0.39, 0.29) is 13.0 Å². The molecule has 0 radical (unpaired) electrons. The molecule has 0 spiro atoms. The molecule has 1 amide bonds. The Morgan fingerprint density at radius 3 is 2.27 bits per heavy atom. The predicted octanol–water partition coefficient (Wildman–Crippen LogP) is 2.23. The average molecular weight is 358 g/mol. The van der Waals surface area contributed by atoms with Crippen molar-refractivity contribution >= 4 is 17.6 Å². The second kappa shape index (κ2) is 10.2. The predicted molar refractivity (Wildman–Crippen MR) is 97.3 cm³/mol. The second-order valence-electron chi connectivity index (χ2n) is 5.61. The number of hydrogen-bond donors (Lipinski definition) is 4. The highest BCUT2D eigenvalue weighted by Crippen LogP contribution is 2.22. The Morgan fingerprint density at radius 1 is 1.00 bits per heavy atom. The summed E-state index contributed by atoms with van der Waals surface area (Å²) < 4.78 is 5.67. The number of aliphatic carboxylic acids is 1. The summed E-state index contributed by atoms with van der Waals surface area (Å²) in [6, 6.07) is 15.1. The summed E-state index contributed by atoms with van der Waals surface area (Å²) in [6.45, 7) is 0.287. The quantitative estimate of drug-likeness (QED) is 0.485. The number of aliphatic hydroxyl groups excluding tert-OH is 1. The molecule has 0 aliphatic heterocycles. The maximum absolute atomic E-state index is 12.0. The molecule has 0 saturated heterocycles. The van der Waals surface area contributed by atoms with Crippen LogP contribution in [0, 0.1) is 0 Å². The van der Waals surface area contributed by atoms with Gasteiger partial charge in [-0.15, -0.1) is 0 Å². The first kappa shape index (κ1) is 19.4. The minimum atomic E-state index is -1.11. The molecule has 2 aromatic rings. The van der Waals surface area contributed by atoms with E-state index in [0.29, 0.717) is 30.2 Å². The first-order valence-electron chi connectivity index (χ1n) is 8.28. The van der Waals surface area contributed by atoms with Crippen molar-refractivity contribution in [3.63, 3.8) is 0 Å². The van der Waals surface area contributed by atoms with Gasteiger partial charge in [-0.2, -0.15) is 0 Å². The van der Waals surface area contributed by atoms with Gasteiger partial charge in [-0.3, -0.25) is 9.59 Å². The van der Waals surface area contributed by atoms with E-state index in [1.54, 1.807) is 24.3 Å². The van der Waals surface area contributed by atoms with Gasteiger partial charge < -0.3 is 25.6 Å². The zero-order valence-corrected chi connectivity index (χ0v) is 14.2. The van der Waals surface area contributed by atoms with Crippen molar-refractivity contribution in [2.45, 2.75) is 18.9 Å². The Balaban J connectivity index is 1.87. The van der Waals surface area contributed by atoms with Crippen LogP contribution < -0.4 is 15.4 Å². The minimum Gasteiger partial charge on any atom is -0.480 e. The van der Waals surface area contributed by atoms with Crippen LogP contribution in [0.3, 0.4) is 0 Å². The summed E-state index contributed by atoms with van der Waals surface area (Å²) in [5.41, 5.74) is 0.551. The van der Waals surface area contributed by atoms with E-state index < -0.39 is 17.9 Å². The fourth-order valence-electron chi connectivity index (χ4n) is 2.23. The van der Waals surface area contributed by atoms with E-state index in [2.05, 4.69) is 10.6 Å². The van der Waals surface area contributed by atoms with Crippen LogP contribution in [0.1, 0.15) is 12.8 Å². The number of rotatable bonds is 10. The molecular weight excluding hydrogens is 336 g/mol. The molecule has 7 heteroatoms. The molecule has 0 heterocycles. The van der Waals surface area contributed by atoms with Gasteiger partial charge in [0.15, 0.2) is 0 Å². The molecule has 0 saturated carbocycles. The molecule has 138 valence electrons. The summed E-state index contributed by atoms with van der Waals surface area (Å²) >= 11 is 0. The number of carboxylic acids is 1. The lowest BCUT2D eigenvalue weighted by Crippen LogP contribution is -2.40. The average Bonchev–Trinajstić information content (AvgIpc) is 2.63. The highest BCUT2D eigenvalue weighted by atomic mass is 16.5. The van der Waals surface area contributed by atoms with E-state index >= 15 is 0 Å². The Morgan fingerprint density at radius 2 is 1.65 bits per heavy atom. The fourth-order valence-corrected chi connectivity index (χ4v) is 2.23. The summed E-state index contributed by atoms with van der Waals surface area (Å²) in [5, 5.41) is 23.3. The van der Waals surface area contributed by atoms with Gasteiger partial charge in [-0.05, 0) is 49.4 Å². The number of hydrogen-bond acceptors (Lipinski definition) is 5. The van der Waals surface area contributed by atoms with Crippen LogP contribution in [0.15, 0.2) is 54.6 Å². The Kier molecular flexibility index (Phi) is 7.60. The van der Waals surface area contributed by atoms with Crippen LogP contribution in [-0.4, -0.2) is 41.3 Å². The molecule has 26 heavy (non-hydrogen) atoms. The van der Waals surface area contributed by atoms with Crippen molar-refractivity contribution in [1.82, 2.24) is 5.32 Å². The molecule has 2 aromatic carbocycles. The standard InChI is InChI=1S/C19H22N2O5/c22-12-4-11-20-17(19(24)25)13-18(23)21-14-7-9-16(10-8-14)26-15-5-2-1-3-6-15/h1-3,5-10,17,20,22H,4,11-13H2,(H,21,23)(H,24,25). The number of benzene rings is 2. The molecule has 0 bridgehead atoms. The van der Waals surface area contributed by atoms with E-state index in [9.17, 15) is 9.59 Å². The van der Waals surface area contributed by atoms with E-state index in [0.717, 1.165) is 0 Å². The Labute approximate surface area is 151 Å². The lowest BCUT2D eigenvalue weighted by molar-refractivity contribution is -0.141. The highest BCUT2D eigenvalue weighted by molar-refractivity contribution is 5.94. The lowest BCUT2D eigenvalue weighted by Gasteiger charge is -2.14. The van der Waals surface area contributed by atoms with E-state index in [1.165, 1.54) is 0 Å². The van der Waals surface area contributed by atoms with Crippen LogP contribution in [-0.2, 0) is 9.59 Å². The molecule has 2 rings (SSSR count). The van der Waals surface area contributed by atoms with Gasteiger partial charge >= 0.3 is 5.97 Å². The van der Waals surface area contributed by atoms with Gasteiger partial charge in [0.05, 0.1) is 6.42 Å². The zero-order chi connectivity index (χ0) is 18.8. The normalized spacial score (nSPS) is 11.6. The van der Waals surface area contributed by atoms with Crippen molar-refractivity contribution in [3.8, 4) is 11.5 Å². The second-order valence-corrected chi connectivity index (χ2v) is 5.61. The van der Waals surface area contributed by atoms with Crippen molar-refractivity contribution in [2.75, 3.05) is 18.5 Å². The number of carbonyl (C=O) groups excluding carboxylic acids is 1. The summed E-state index contributed by atoms with van der Waals surface area (Å²) in [6.07, 6.45) is 0.220. The van der Waals surface area contributed by atoms with E-state index in [4.69, 9.17) is 14.9 Å². The number of anilines is 1. The highest BCUT2D eigenvalue weighted by Gasteiger charge is 2.20. The Bertz CT molecular complexity index is 704. The van der Waals surface area contributed by atoms with Gasteiger partial charge in [0.1, 0.15) is 17.5 Å². The third-order valence-corrected chi connectivity index (χ3v) is 3.53. The first-order chi connectivity index (χ1) is 12.6. The number of aliphatic hydroxyl groups is 1. The van der Waals surface area contributed by atoms with Crippen LogP contribution in [0.25, 0.3) is 0 Å². The minimum absolute atomic E-state index is 0.0388. The maximum Gasteiger partial charge on any atom is 0.321 e. The van der Waals surface area contributed by atoms with Gasteiger partial charge in [0.2, 0.25) is 5.91 Å². The smallest absolute Gasteiger partial charge is 0.321 e. The molecule has 0 aliphatic rings. The largest absolute Gasteiger partial charge is 0.480 e. The number of para-hydroxylation sites is 1. The number of carboxylic acid groups (broad SMARTS) is 1. The van der Waals surface area contributed by atoms with Crippen LogP contribution in [0.2, 0.25) is 0 Å². The molecule has 0 aromatic heterocycles. The first-order valence-corrected chi connectivity index (χ1v) is 8.28. The molecule has 1 unspecified atom stereocenters. The molecule has 1 atom stereocenters. The van der Waals surface area contributed by atoms with Crippen LogP contribution in [0.5, 0.6) is 11.5 Å². The van der Waals surface area contributed by atoms with E-state index in [1.807, 2.05) is 30.3 Å². The van der Waals surface area contributed by atoms with Crippen LogP contribution >= 0.6 is 0 Å². The van der Waals surface area contributed by atoms with Gasteiger partial charge in [-0.1, -0.05) is 18.2 Å². The molecule has 0 fully saturated rings. The Hall–Kier alpha value is -2.90. The SMILES string of the molecule is O=C(CC(NCCCO)C(=O)O)Nc1ccc(Oc2ccccc2)cc1. The summed E-state index contributed by atoms with van der Waals surface area (Å²) in [7, 11) is 0. The fraction of sp³-hybridized carbons (Fsp3) is 0.263. The third kappa shape index (κ3) is 6.54. The van der Waals surface area contributed by atoms with Gasteiger partial charge in [-0.25, -0.2) is 0 Å². The molecule has 4 N–H and O–H groups in total. The third-order valence-electron chi connectivity index (χ3n) is 3.53. The van der Waals surface area contributed by atoms with Crippen molar-refractivity contribution < 1.29 is 24.5 Å². The lowest BCUT2D eigenvalue weighted by atomic mass is 10.2. The van der Waals surface area contributed by atoms with Crippen molar-refractivity contribution in [2.24, 2.45) is 0 Å². The van der Waals surface area contributed by atoms with Crippen molar-refractivity contribution in [3.05, 3.63) is 54.6 Å². The van der Waals surface area contributed by atoms with Gasteiger partial charge in [0.25, 0.3) is 0 Å². The number of carbonyl (C=O) groups is 2. The zero-order valence-electron chi connectivity index (χ0n) is 14.2. The summed E-state index contributed by atoms with van der Waals surface area (Å²) in [4.78, 5) is 23.2.